The molecule has 0 aromatic carbocycles. The third kappa shape index (κ3) is 3.42. The van der Waals surface area contributed by atoms with E-state index in [9.17, 15) is 8.42 Å². The molecule has 2 rings (SSSR count). The van der Waals surface area contributed by atoms with Crippen molar-refractivity contribution in [3.8, 4) is 0 Å². The lowest BCUT2D eigenvalue weighted by Crippen LogP contribution is -2.42. The van der Waals surface area contributed by atoms with Gasteiger partial charge in [-0.05, 0) is 51.4 Å². The first-order valence-electron chi connectivity index (χ1n) is 7.34. The van der Waals surface area contributed by atoms with Crippen LogP contribution in [0.15, 0.2) is 16.3 Å². The molecule has 1 aromatic rings. The van der Waals surface area contributed by atoms with Crippen LogP contribution < -0.4 is 5.32 Å². The van der Waals surface area contributed by atoms with Gasteiger partial charge in [-0.1, -0.05) is 13.3 Å². The van der Waals surface area contributed by atoms with E-state index in [4.69, 9.17) is 0 Å². The second kappa shape index (κ2) is 7.02. The maximum Gasteiger partial charge on any atom is 0.252 e. The Morgan fingerprint density at radius 1 is 1.40 bits per heavy atom. The van der Waals surface area contributed by atoms with Crippen molar-refractivity contribution in [2.75, 3.05) is 20.1 Å². The summed E-state index contributed by atoms with van der Waals surface area (Å²) < 4.78 is 27.8. The SMILES string of the molecule is CCC1CCCCN1S(=O)(=O)c1ccc(CCNC)s1. The van der Waals surface area contributed by atoms with Gasteiger partial charge in [0.15, 0.2) is 0 Å². The second-order valence-corrected chi connectivity index (χ2v) is 8.53. The first-order valence-corrected chi connectivity index (χ1v) is 9.60. The summed E-state index contributed by atoms with van der Waals surface area (Å²) in [6.45, 7) is 3.62. The van der Waals surface area contributed by atoms with Gasteiger partial charge >= 0.3 is 0 Å². The van der Waals surface area contributed by atoms with Gasteiger partial charge in [0, 0.05) is 17.5 Å². The largest absolute Gasteiger partial charge is 0.319 e. The summed E-state index contributed by atoms with van der Waals surface area (Å²) >= 11 is 1.42. The van der Waals surface area contributed by atoms with E-state index in [1.54, 1.807) is 10.4 Å². The monoisotopic (exact) mass is 316 g/mol. The third-order valence-corrected chi connectivity index (χ3v) is 7.43. The lowest BCUT2D eigenvalue weighted by Gasteiger charge is -2.33. The van der Waals surface area contributed by atoms with Crippen molar-refractivity contribution in [2.45, 2.75) is 49.3 Å². The van der Waals surface area contributed by atoms with Gasteiger partial charge in [0.05, 0.1) is 0 Å². The van der Waals surface area contributed by atoms with Gasteiger partial charge in [-0.25, -0.2) is 8.42 Å². The maximum absolute atomic E-state index is 12.8. The number of nitrogens with zero attached hydrogens (tertiary/aromatic N) is 1. The summed E-state index contributed by atoms with van der Waals surface area (Å²) in [7, 11) is -1.39. The average molecular weight is 316 g/mol. The van der Waals surface area contributed by atoms with Crippen LogP contribution in [-0.4, -0.2) is 38.9 Å². The van der Waals surface area contributed by atoms with Gasteiger partial charge < -0.3 is 5.32 Å². The van der Waals surface area contributed by atoms with Crippen LogP contribution in [0.25, 0.3) is 0 Å². The first kappa shape index (κ1) is 15.9. The molecule has 0 aliphatic carbocycles. The minimum atomic E-state index is -3.30. The Morgan fingerprint density at radius 2 is 2.20 bits per heavy atom. The average Bonchev–Trinajstić information content (AvgIpc) is 2.94. The summed E-state index contributed by atoms with van der Waals surface area (Å²) in [6, 6.07) is 3.89. The summed E-state index contributed by atoms with van der Waals surface area (Å²) in [5.41, 5.74) is 0. The van der Waals surface area contributed by atoms with Crippen LogP contribution in [0.2, 0.25) is 0 Å². The Balaban J connectivity index is 2.18. The highest BCUT2D eigenvalue weighted by Gasteiger charge is 2.33. The molecule has 1 saturated heterocycles. The van der Waals surface area contributed by atoms with Gasteiger partial charge in [-0.15, -0.1) is 11.3 Å². The molecule has 1 fully saturated rings. The summed E-state index contributed by atoms with van der Waals surface area (Å²) in [6.07, 6.45) is 4.90. The standard InChI is InChI=1S/C14H24N2O2S2/c1-3-12-6-4-5-11-16(12)20(17,18)14-8-7-13(19-14)9-10-15-2/h7-8,12,15H,3-6,9-11H2,1-2H3. The predicted molar refractivity (Wildman–Crippen MR) is 83.8 cm³/mol. The molecule has 0 spiro atoms. The van der Waals surface area contributed by atoms with Crippen molar-refractivity contribution in [1.82, 2.24) is 9.62 Å². The molecular formula is C14H24N2O2S2. The molecule has 1 aromatic heterocycles. The minimum Gasteiger partial charge on any atom is -0.319 e. The molecule has 4 nitrogen and oxygen atoms in total. The van der Waals surface area contributed by atoms with Gasteiger partial charge in [-0.3, -0.25) is 0 Å². The first-order chi connectivity index (χ1) is 9.59. The number of piperidine rings is 1. The number of thiophene rings is 1. The molecule has 1 N–H and O–H groups in total. The van der Waals surface area contributed by atoms with E-state index in [2.05, 4.69) is 12.2 Å². The summed E-state index contributed by atoms with van der Waals surface area (Å²) in [4.78, 5) is 1.13. The lowest BCUT2D eigenvalue weighted by atomic mass is 10.0. The van der Waals surface area contributed by atoms with Gasteiger partial charge in [0.1, 0.15) is 4.21 Å². The Hall–Kier alpha value is -0.430. The number of nitrogens with one attached hydrogen (secondary N) is 1. The van der Waals surface area contributed by atoms with Crippen LogP contribution in [0.3, 0.4) is 0 Å². The Kier molecular flexibility index (Phi) is 5.60. The third-order valence-electron chi connectivity index (χ3n) is 3.87. The Labute approximate surface area is 126 Å². The van der Waals surface area contributed by atoms with Gasteiger partial charge in [0.2, 0.25) is 0 Å². The Bertz CT molecular complexity index is 525. The van der Waals surface area contributed by atoms with Crippen molar-refractivity contribution < 1.29 is 8.42 Å². The second-order valence-electron chi connectivity index (χ2n) is 5.25. The highest BCUT2D eigenvalue weighted by Crippen LogP contribution is 2.30. The summed E-state index contributed by atoms with van der Waals surface area (Å²) in [5, 5.41) is 3.09. The molecule has 1 atom stereocenters. The fraction of sp³-hybridized carbons (Fsp3) is 0.714. The van der Waals surface area contributed by atoms with E-state index < -0.39 is 10.0 Å². The molecule has 0 amide bonds. The van der Waals surface area contributed by atoms with Crippen LogP contribution in [0.4, 0.5) is 0 Å². The van der Waals surface area contributed by atoms with Gasteiger partial charge in [-0.2, -0.15) is 4.31 Å². The van der Waals surface area contributed by atoms with Crippen molar-refractivity contribution in [1.29, 1.82) is 0 Å². The molecule has 2 heterocycles. The molecular weight excluding hydrogens is 292 g/mol. The van der Waals surface area contributed by atoms with Gasteiger partial charge in [0.25, 0.3) is 10.0 Å². The molecule has 1 aliphatic heterocycles. The van der Waals surface area contributed by atoms with E-state index in [-0.39, 0.29) is 6.04 Å². The number of sulfonamides is 1. The van der Waals surface area contributed by atoms with Crippen LogP contribution in [0, 0.1) is 0 Å². The highest BCUT2D eigenvalue weighted by atomic mass is 32.2. The number of hydrogen-bond donors (Lipinski definition) is 1. The van der Waals surface area contributed by atoms with E-state index in [0.717, 1.165) is 43.5 Å². The number of hydrogen-bond acceptors (Lipinski definition) is 4. The predicted octanol–water partition coefficient (Wildman–Crippen LogP) is 2.46. The van der Waals surface area contributed by atoms with E-state index in [0.29, 0.717) is 10.8 Å². The molecule has 0 bridgehead atoms. The van der Waals surface area contributed by atoms with E-state index in [1.165, 1.54) is 11.3 Å². The zero-order chi connectivity index (χ0) is 14.6. The van der Waals surface area contributed by atoms with E-state index in [1.807, 2.05) is 13.1 Å². The van der Waals surface area contributed by atoms with Crippen molar-refractivity contribution in [2.24, 2.45) is 0 Å². The molecule has 6 heteroatoms. The molecule has 0 saturated carbocycles. The highest BCUT2D eigenvalue weighted by molar-refractivity contribution is 7.91. The zero-order valence-corrected chi connectivity index (χ0v) is 13.9. The Morgan fingerprint density at radius 3 is 2.90 bits per heavy atom. The number of rotatable bonds is 6. The fourth-order valence-electron chi connectivity index (χ4n) is 2.69. The maximum atomic E-state index is 12.8. The van der Waals surface area contributed by atoms with Crippen molar-refractivity contribution in [3.63, 3.8) is 0 Å². The molecule has 1 aliphatic rings. The quantitative estimate of drug-likeness (QED) is 0.877. The molecule has 20 heavy (non-hydrogen) atoms. The molecule has 0 radical (unpaired) electrons. The smallest absolute Gasteiger partial charge is 0.252 e. The van der Waals surface area contributed by atoms with Crippen LogP contribution in [0.5, 0.6) is 0 Å². The lowest BCUT2D eigenvalue weighted by molar-refractivity contribution is 0.247. The normalized spacial score (nSPS) is 21.2. The van der Waals surface area contributed by atoms with Crippen LogP contribution in [0.1, 0.15) is 37.5 Å². The zero-order valence-electron chi connectivity index (χ0n) is 12.3. The number of likely N-dealkylation sites (N-methyl/N-ethyl adjacent to an activating group) is 1. The van der Waals surface area contributed by atoms with E-state index >= 15 is 0 Å². The minimum absolute atomic E-state index is 0.177. The summed E-state index contributed by atoms with van der Waals surface area (Å²) in [5.74, 6) is 0. The molecule has 114 valence electrons. The molecule has 1 unspecified atom stereocenters. The van der Waals surface area contributed by atoms with Crippen LogP contribution >= 0.6 is 11.3 Å². The van der Waals surface area contributed by atoms with Crippen molar-refractivity contribution >= 4 is 21.4 Å². The van der Waals surface area contributed by atoms with Crippen molar-refractivity contribution in [3.05, 3.63) is 17.0 Å². The topological polar surface area (TPSA) is 49.4 Å². The van der Waals surface area contributed by atoms with Crippen LogP contribution in [-0.2, 0) is 16.4 Å². The fourth-order valence-corrected chi connectivity index (χ4v) is 5.95.